The second-order valence-corrected chi connectivity index (χ2v) is 6.63. The third-order valence-electron chi connectivity index (χ3n) is 4.76. The molecule has 2 N–H and O–H groups in total. The number of halogens is 1. The maximum absolute atomic E-state index is 12.0. The molecule has 0 radical (unpaired) electrons. The molecular weight excluding hydrogens is 296 g/mol. The second kappa shape index (κ2) is 8.54. The lowest BCUT2D eigenvalue weighted by Gasteiger charge is -2.21. The molecule has 0 bridgehead atoms. The molecular formula is C18H27ClN2O. The summed E-state index contributed by atoms with van der Waals surface area (Å²) < 4.78 is 0. The minimum atomic E-state index is 0. The second-order valence-electron chi connectivity index (χ2n) is 6.63. The Morgan fingerprint density at radius 3 is 2.59 bits per heavy atom. The van der Waals surface area contributed by atoms with E-state index in [2.05, 4.69) is 41.0 Å². The number of nitrogens with one attached hydrogen (secondary N) is 2. The van der Waals surface area contributed by atoms with E-state index < -0.39 is 0 Å². The van der Waals surface area contributed by atoms with Crippen molar-refractivity contribution in [1.29, 1.82) is 0 Å². The summed E-state index contributed by atoms with van der Waals surface area (Å²) in [6, 6.07) is 11.0. The first kappa shape index (κ1) is 17.3. The lowest BCUT2D eigenvalue weighted by atomic mass is 9.94. The van der Waals surface area contributed by atoms with E-state index in [1.807, 2.05) is 0 Å². The normalized spacial score (nSPS) is 23.8. The summed E-state index contributed by atoms with van der Waals surface area (Å²) >= 11 is 0. The number of hydrogen-bond acceptors (Lipinski definition) is 2. The van der Waals surface area contributed by atoms with Gasteiger partial charge in [0.1, 0.15) is 0 Å². The summed E-state index contributed by atoms with van der Waals surface area (Å²) in [6.45, 7) is 1.48. The van der Waals surface area contributed by atoms with Gasteiger partial charge >= 0.3 is 0 Å². The van der Waals surface area contributed by atoms with E-state index in [-0.39, 0.29) is 18.3 Å². The van der Waals surface area contributed by atoms with Crippen molar-refractivity contribution in [3.63, 3.8) is 0 Å². The Morgan fingerprint density at radius 1 is 1.09 bits per heavy atom. The Balaban J connectivity index is 0.00000176. The predicted octanol–water partition coefficient (Wildman–Crippen LogP) is 2.94. The van der Waals surface area contributed by atoms with Crippen molar-refractivity contribution in [2.45, 2.75) is 44.6 Å². The maximum atomic E-state index is 12.0. The molecule has 0 aliphatic heterocycles. The largest absolute Gasteiger partial charge is 0.352 e. The van der Waals surface area contributed by atoms with Crippen LogP contribution in [0.25, 0.3) is 0 Å². The zero-order valence-electron chi connectivity index (χ0n) is 13.1. The SMILES string of the molecule is Cl.O=C(CNCC1CC1)NC1CCCC1Cc1ccccc1. The molecule has 2 aliphatic rings. The third-order valence-corrected chi connectivity index (χ3v) is 4.76. The van der Waals surface area contributed by atoms with Gasteiger partial charge in [-0.15, -0.1) is 12.4 Å². The Kier molecular flexibility index (Phi) is 6.71. The van der Waals surface area contributed by atoms with Crippen LogP contribution in [0.5, 0.6) is 0 Å². The Hall–Kier alpha value is -1.06. The zero-order valence-corrected chi connectivity index (χ0v) is 13.9. The van der Waals surface area contributed by atoms with Gasteiger partial charge in [0.15, 0.2) is 0 Å². The Bertz CT molecular complexity index is 461. The van der Waals surface area contributed by atoms with E-state index in [1.165, 1.54) is 31.2 Å². The van der Waals surface area contributed by atoms with E-state index in [1.54, 1.807) is 0 Å². The van der Waals surface area contributed by atoms with Crippen LogP contribution in [0, 0.1) is 11.8 Å². The summed E-state index contributed by atoms with van der Waals surface area (Å²) in [5.41, 5.74) is 1.38. The Morgan fingerprint density at radius 2 is 1.86 bits per heavy atom. The monoisotopic (exact) mass is 322 g/mol. The summed E-state index contributed by atoms with van der Waals surface area (Å²) in [5.74, 6) is 1.59. The number of rotatable bonds is 7. The average Bonchev–Trinajstić information content (AvgIpc) is 3.22. The van der Waals surface area contributed by atoms with Crippen LogP contribution >= 0.6 is 12.4 Å². The van der Waals surface area contributed by atoms with Gasteiger partial charge in [0.05, 0.1) is 6.54 Å². The topological polar surface area (TPSA) is 41.1 Å². The minimum absolute atomic E-state index is 0. The van der Waals surface area contributed by atoms with Crippen LogP contribution in [0.2, 0.25) is 0 Å². The van der Waals surface area contributed by atoms with Crippen molar-refractivity contribution in [2.24, 2.45) is 11.8 Å². The molecule has 3 nitrogen and oxygen atoms in total. The lowest BCUT2D eigenvalue weighted by molar-refractivity contribution is -0.121. The van der Waals surface area contributed by atoms with Gasteiger partial charge in [-0.05, 0) is 56.0 Å². The van der Waals surface area contributed by atoms with Crippen LogP contribution in [-0.4, -0.2) is 25.0 Å². The summed E-state index contributed by atoms with van der Waals surface area (Å²) in [7, 11) is 0. The van der Waals surface area contributed by atoms with Crippen molar-refractivity contribution in [3.05, 3.63) is 35.9 Å². The minimum Gasteiger partial charge on any atom is -0.352 e. The molecule has 1 aromatic carbocycles. The predicted molar refractivity (Wildman–Crippen MR) is 92.3 cm³/mol. The molecule has 2 saturated carbocycles. The van der Waals surface area contributed by atoms with Gasteiger partial charge in [0.2, 0.25) is 5.91 Å². The van der Waals surface area contributed by atoms with Crippen molar-refractivity contribution >= 4 is 18.3 Å². The first-order chi connectivity index (χ1) is 10.3. The molecule has 0 saturated heterocycles. The molecule has 2 atom stereocenters. The van der Waals surface area contributed by atoms with Gasteiger partial charge in [0.25, 0.3) is 0 Å². The zero-order chi connectivity index (χ0) is 14.5. The highest BCUT2D eigenvalue weighted by Gasteiger charge is 2.28. The van der Waals surface area contributed by atoms with Crippen LogP contribution in [-0.2, 0) is 11.2 Å². The summed E-state index contributed by atoms with van der Waals surface area (Å²) in [4.78, 5) is 12.0. The fourth-order valence-corrected chi connectivity index (χ4v) is 3.36. The molecule has 2 fully saturated rings. The third kappa shape index (κ3) is 5.29. The first-order valence-corrected chi connectivity index (χ1v) is 8.35. The van der Waals surface area contributed by atoms with Gasteiger partial charge < -0.3 is 10.6 Å². The fourth-order valence-electron chi connectivity index (χ4n) is 3.36. The number of hydrogen-bond donors (Lipinski definition) is 2. The van der Waals surface area contributed by atoms with Crippen molar-refractivity contribution in [3.8, 4) is 0 Å². The average molecular weight is 323 g/mol. The van der Waals surface area contributed by atoms with E-state index in [4.69, 9.17) is 0 Å². The van der Waals surface area contributed by atoms with Crippen LogP contribution in [0.15, 0.2) is 30.3 Å². The number of carbonyl (C=O) groups is 1. The molecule has 2 aliphatic carbocycles. The molecule has 0 aromatic heterocycles. The van der Waals surface area contributed by atoms with E-state index >= 15 is 0 Å². The summed E-state index contributed by atoms with van der Waals surface area (Å²) in [5, 5.41) is 6.52. The lowest BCUT2D eigenvalue weighted by Crippen LogP contribution is -2.42. The van der Waals surface area contributed by atoms with Gasteiger partial charge in [-0.3, -0.25) is 4.79 Å². The molecule has 122 valence electrons. The molecule has 22 heavy (non-hydrogen) atoms. The van der Waals surface area contributed by atoms with Crippen LogP contribution < -0.4 is 10.6 Å². The Labute approximate surface area is 139 Å². The van der Waals surface area contributed by atoms with Crippen molar-refractivity contribution < 1.29 is 4.79 Å². The van der Waals surface area contributed by atoms with E-state index in [9.17, 15) is 4.79 Å². The van der Waals surface area contributed by atoms with Gasteiger partial charge in [-0.1, -0.05) is 36.8 Å². The van der Waals surface area contributed by atoms with Gasteiger partial charge in [0, 0.05) is 6.04 Å². The van der Waals surface area contributed by atoms with Crippen LogP contribution in [0.1, 0.15) is 37.7 Å². The molecule has 1 amide bonds. The molecule has 3 rings (SSSR count). The molecule has 0 heterocycles. The van der Waals surface area contributed by atoms with Gasteiger partial charge in [-0.25, -0.2) is 0 Å². The molecule has 0 spiro atoms. The van der Waals surface area contributed by atoms with Crippen LogP contribution in [0.4, 0.5) is 0 Å². The fraction of sp³-hybridized carbons (Fsp3) is 0.611. The number of amides is 1. The number of benzene rings is 1. The summed E-state index contributed by atoms with van der Waals surface area (Å²) in [6.07, 6.45) is 7.34. The van der Waals surface area contributed by atoms with E-state index in [0.29, 0.717) is 18.5 Å². The first-order valence-electron chi connectivity index (χ1n) is 8.35. The van der Waals surface area contributed by atoms with Gasteiger partial charge in [-0.2, -0.15) is 0 Å². The standard InChI is InChI=1S/C18H26N2O.ClH/c21-18(13-19-12-15-9-10-15)20-17-8-4-7-16(17)11-14-5-2-1-3-6-14;/h1-3,5-6,15-17,19H,4,7-13H2,(H,20,21);1H. The molecule has 1 aromatic rings. The molecule has 2 unspecified atom stereocenters. The quantitative estimate of drug-likeness (QED) is 0.810. The highest BCUT2D eigenvalue weighted by atomic mass is 35.5. The molecule has 4 heteroatoms. The maximum Gasteiger partial charge on any atom is 0.234 e. The van der Waals surface area contributed by atoms with Crippen molar-refractivity contribution in [2.75, 3.05) is 13.1 Å². The van der Waals surface area contributed by atoms with Crippen LogP contribution in [0.3, 0.4) is 0 Å². The van der Waals surface area contributed by atoms with Crippen molar-refractivity contribution in [1.82, 2.24) is 10.6 Å². The highest BCUT2D eigenvalue weighted by molar-refractivity contribution is 5.85. The number of carbonyl (C=O) groups excluding carboxylic acids is 1. The highest BCUT2D eigenvalue weighted by Crippen LogP contribution is 2.29. The van der Waals surface area contributed by atoms with E-state index in [0.717, 1.165) is 25.3 Å². The smallest absolute Gasteiger partial charge is 0.234 e.